The number of nitrogens with zero attached hydrogens (tertiary/aromatic N) is 3. The minimum Gasteiger partial charge on any atom is -0.354 e. The number of piperazine rings is 1. The number of rotatable bonds is 8. The van der Waals surface area contributed by atoms with Crippen molar-refractivity contribution in [3.05, 3.63) is 54.2 Å². The van der Waals surface area contributed by atoms with Crippen molar-refractivity contribution in [2.24, 2.45) is 0 Å². The van der Waals surface area contributed by atoms with Crippen molar-refractivity contribution in [2.45, 2.75) is 26.3 Å². The molecule has 1 aliphatic heterocycles. The van der Waals surface area contributed by atoms with E-state index in [4.69, 9.17) is 0 Å². The molecule has 3 rings (SSSR count). The molecule has 146 valence electrons. The van der Waals surface area contributed by atoms with Crippen molar-refractivity contribution in [3.8, 4) is 0 Å². The molecule has 27 heavy (non-hydrogen) atoms. The summed E-state index contributed by atoms with van der Waals surface area (Å²) in [5, 5.41) is 0. The average molecular weight is 389 g/mol. The molecule has 1 saturated heterocycles. The van der Waals surface area contributed by atoms with Gasteiger partial charge in [0.15, 0.2) is 0 Å². The largest absolute Gasteiger partial charge is 0.354 e. The summed E-state index contributed by atoms with van der Waals surface area (Å²) < 4.78 is 26.6. The second-order valence-electron chi connectivity index (χ2n) is 6.93. The topological polar surface area (TPSA) is 65.5 Å². The Morgan fingerprint density at radius 2 is 1.78 bits per heavy atom. The van der Waals surface area contributed by atoms with Gasteiger partial charge in [0.05, 0.1) is 17.6 Å². The first-order chi connectivity index (χ1) is 13.1. The van der Waals surface area contributed by atoms with E-state index >= 15 is 0 Å². The maximum atomic E-state index is 12.0. The van der Waals surface area contributed by atoms with Crippen molar-refractivity contribution in [1.82, 2.24) is 9.88 Å². The van der Waals surface area contributed by atoms with Gasteiger partial charge in [-0.05, 0) is 24.1 Å². The summed E-state index contributed by atoms with van der Waals surface area (Å²) in [6, 6.07) is 14.2. The molecule has 0 saturated carbocycles. The summed E-state index contributed by atoms with van der Waals surface area (Å²) in [6.45, 7) is 6.76. The third-order valence-corrected chi connectivity index (χ3v) is 6.11. The molecule has 7 heteroatoms. The maximum Gasteiger partial charge on any atom is 0.232 e. The molecule has 6 nitrogen and oxygen atoms in total. The van der Waals surface area contributed by atoms with E-state index in [2.05, 4.69) is 43.8 Å². The van der Waals surface area contributed by atoms with Gasteiger partial charge in [-0.15, -0.1) is 0 Å². The van der Waals surface area contributed by atoms with E-state index in [0.29, 0.717) is 12.1 Å². The van der Waals surface area contributed by atoms with Crippen molar-refractivity contribution >= 4 is 21.5 Å². The van der Waals surface area contributed by atoms with Gasteiger partial charge >= 0.3 is 0 Å². The first-order valence-corrected chi connectivity index (χ1v) is 11.2. The van der Waals surface area contributed by atoms with E-state index in [1.165, 1.54) is 5.56 Å². The molecule has 1 fully saturated rings. The summed E-state index contributed by atoms with van der Waals surface area (Å²) >= 11 is 0. The molecule has 1 aromatic heterocycles. The Balaban J connectivity index is 1.51. The second-order valence-corrected chi connectivity index (χ2v) is 8.77. The number of anilines is 2. The van der Waals surface area contributed by atoms with Gasteiger partial charge in [-0.2, -0.15) is 0 Å². The van der Waals surface area contributed by atoms with E-state index in [1.54, 1.807) is 12.3 Å². The van der Waals surface area contributed by atoms with Crippen LogP contribution in [0.3, 0.4) is 0 Å². The molecular formula is C20H28N4O2S. The molecule has 0 unspecified atom stereocenters. The molecule has 0 bridgehead atoms. The molecular weight excluding hydrogens is 360 g/mol. The lowest BCUT2D eigenvalue weighted by Gasteiger charge is -2.35. The van der Waals surface area contributed by atoms with Crippen LogP contribution in [0.15, 0.2) is 48.7 Å². The van der Waals surface area contributed by atoms with Crippen molar-refractivity contribution in [3.63, 3.8) is 0 Å². The number of hydrogen-bond donors (Lipinski definition) is 1. The van der Waals surface area contributed by atoms with Crippen molar-refractivity contribution in [2.75, 3.05) is 41.6 Å². The van der Waals surface area contributed by atoms with Gasteiger partial charge in [0.1, 0.15) is 5.82 Å². The zero-order chi connectivity index (χ0) is 19.1. The number of unbranched alkanes of at least 4 members (excludes halogenated alkanes) is 1. The van der Waals surface area contributed by atoms with Gasteiger partial charge in [0.2, 0.25) is 10.0 Å². The summed E-state index contributed by atoms with van der Waals surface area (Å²) in [7, 11) is -3.28. The number of benzene rings is 1. The Bertz CT molecular complexity index is 802. The van der Waals surface area contributed by atoms with Gasteiger partial charge in [-0.3, -0.25) is 9.62 Å². The molecule has 0 amide bonds. The SMILES string of the molecule is CCCCS(=O)(=O)Nc1ccc(N2CCN(Cc3ccccc3)CC2)nc1. The molecule has 1 aliphatic rings. The summed E-state index contributed by atoms with van der Waals surface area (Å²) in [6.07, 6.45) is 3.12. The van der Waals surface area contributed by atoms with Gasteiger partial charge < -0.3 is 4.90 Å². The predicted octanol–water partition coefficient (Wildman–Crippen LogP) is 2.95. The lowest BCUT2D eigenvalue weighted by Crippen LogP contribution is -2.46. The molecule has 2 heterocycles. The van der Waals surface area contributed by atoms with Crippen LogP contribution in [0.5, 0.6) is 0 Å². The van der Waals surface area contributed by atoms with E-state index < -0.39 is 10.0 Å². The fourth-order valence-electron chi connectivity index (χ4n) is 3.18. The van der Waals surface area contributed by atoms with E-state index in [0.717, 1.165) is 45.0 Å². The standard InChI is InChI=1S/C20H28N4O2S/c1-2-3-15-27(25,26)22-19-9-10-20(21-16-19)24-13-11-23(12-14-24)17-18-7-5-4-6-8-18/h4-10,16,22H,2-3,11-15,17H2,1H3. The van der Waals surface area contributed by atoms with E-state index in [-0.39, 0.29) is 5.75 Å². The smallest absolute Gasteiger partial charge is 0.232 e. The fraction of sp³-hybridized carbons (Fsp3) is 0.450. The zero-order valence-electron chi connectivity index (χ0n) is 15.8. The van der Waals surface area contributed by atoms with Crippen molar-refractivity contribution < 1.29 is 8.42 Å². The number of nitrogens with one attached hydrogen (secondary N) is 1. The quantitative estimate of drug-likeness (QED) is 0.753. The Morgan fingerprint density at radius 3 is 2.41 bits per heavy atom. The molecule has 1 N–H and O–H groups in total. The third-order valence-electron chi connectivity index (χ3n) is 4.73. The highest BCUT2D eigenvalue weighted by atomic mass is 32.2. The molecule has 0 atom stereocenters. The predicted molar refractivity (Wildman–Crippen MR) is 110 cm³/mol. The van der Waals surface area contributed by atoms with E-state index in [9.17, 15) is 8.42 Å². The lowest BCUT2D eigenvalue weighted by molar-refractivity contribution is 0.249. The molecule has 1 aromatic carbocycles. The Labute approximate surface area is 162 Å². The van der Waals surface area contributed by atoms with Crippen LogP contribution in [0, 0.1) is 0 Å². The van der Waals surface area contributed by atoms with Gasteiger partial charge in [0.25, 0.3) is 0 Å². The highest BCUT2D eigenvalue weighted by Crippen LogP contribution is 2.18. The summed E-state index contributed by atoms with van der Waals surface area (Å²) in [5.41, 5.74) is 1.86. The number of aromatic nitrogens is 1. The van der Waals surface area contributed by atoms with Crippen LogP contribution in [0.2, 0.25) is 0 Å². The zero-order valence-corrected chi connectivity index (χ0v) is 16.7. The van der Waals surface area contributed by atoms with Crippen LogP contribution < -0.4 is 9.62 Å². The van der Waals surface area contributed by atoms with Gasteiger partial charge in [0, 0.05) is 32.7 Å². The van der Waals surface area contributed by atoms with Crippen LogP contribution in [-0.2, 0) is 16.6 Å². The summed E-state index contributed by atoms with van der Waals surface area (Å²) in [4.78, 5) is 9.15. The van der Waals surface area contributed by atoms with Crippen molar-refractivity contribution in [1.29, 1.82) is 0 Å². The van der Waals surface area contributed by atoms with Crippen LogP contribution in [0.4, 0.5) is 11.5 Å². The van der Waals surface area contributed by atoms with Crippen LogP contribution in [0.1, 0.15) is 25.3 Å². The highest BCUT2D eigenvalue weighted by Gasteiger charge is 2.18. The monoisotopic (exact) mass is 388 g/mol. The minimum absolute atomic E-state index is 0.147. The molecule has 0 aliphatic carbocycles. The van der Waals surface area contributed by atoms with E-state index in [1.807, 2.05) is 19.1 Å². The Kier molecular flexibility index (Phi) is 6.68. The Morgan fingerprint density at radius 1 is 1.04 bits per heavy atom. The number of sulfonamides is 1. The average Bonchev–Trinajstić information content (AvgIpc) is 2.68. The Hall–Kier alpha value is -2.12. The minimum atomic E-state index is -3.28. The first kappa shape index (κ1) is 19.6. The molecule has 0 spiro atoms. The molecule has 0 radical (unpaired) electrons. The normalized spacial score (nSPS) is 15.7. The third kappa shape index (κ3) is 5.94. The number of pyridine rings is 1. The maximum absolute atomic E-state index is 12.0. The summed E-state index contributed by atoms with van der Waals surface area (Å²) in [5.74, 6) is 1.04. The van der Waals surface area contributed by atoms with Gasteiger partial charge in [-0.25, -0.2) is 13.4 Å². The van der Waals surface area contributed by atoms with Crippen LogP contribution in [-0.4, -0.2) is 50.2 Å². The van der Waals surface area contributed by atoms with Crippen LogP contribution in [0.25, 0.3) is 0 Å². The van der Waals surface area contributed by atoms with Crippen LogP contribution >= 0.6 is 0 Å². The fourth-order valence-corrected chi connectivity index (χ4v) is 4.43. The first-order valence-electron chi connectivity index (χ1n) is 9.53. The lowest BCUT2D eigenvalue weighted by atomic mass is 10.2. The molecule has 2 aromatic rings. The second kappa shape index (κ2) is 9.19. The highest BCUT2D eigenvalue weighted by molar-refractivity contribution is 7.92. The number of hydrogen-bond acceptors (Lipinski definition) is 5. The van der Waals surface area contributed by atoms with Gasteiger partial charge in [-0.1, -0.05) is 43.7 Å².